The van der Waals surface area contributed by atoms with Gasteiger partial charge in [0, 0.05) is 19.3 Å². The van der Waals surface area contributed by atoms with Gasteiger partial charge in [-0.3, -0.25) is 9.48 Å². The van der Waals surface area contributed by atoms with E-state index in [-0.39, 0.29) is 11.9 Å². The number of carbonyl (C=O) groups excluding carboxylic acids is 1. The first-order valence-corrected chi connectivity index (χ1v) is 5.60. The Morgan fingerprint density at radius 2 is 2.35 bits per heavy atom. The highest BCUT2D eigenvalue weighted by Gasteiger charge is 2.23. The molecule has 0 aliphatic carbocycles. The Hall–Kier alpha value is -1.91. The van der Waals surface area contributed by atoms with Crippen molar-refractivity contribution in [2.45, 2.75) is 12.5 Å². The Morgan fingerprint density at radius 1 is 1.47 bits per heavy atom. The van der Waals surface area contributed by atoms with Crippen LogP contribution in [-0.4, -0.2) is 34.2 Å². The van der Waals surface area contributed by atoms with Crippen molar-refractivity contribution in [2.75, 3.05) is 13.1 Å². The molecule has 3 rings (SSSR count). The Labute approximate surface area is 97.6 Å². The molecule has 1 unspecified atom stereocenters. The fraction of sp³-hybridized carbons (Fsp3) is 0.333. The van der Waals surface area contributed by atoms with Gasteiger partial charge in [0.15, 0.2) is 0 Å². The zero-order chi connectivity index (χ0) is 11.8. The van der Waals surface area contributed by atoms with E-state index in [1.54, 1.807) is 27.9 Å². The summed E-state index contributed by atoms with van der Waals surface area (Å²) in [6, 6.07) is 5.04. The highest BCUT2D eigenvalue weighted by atomic mass is 19.1. The fourth-order valence-corrected chi connectivity index (χ4v) is 2.29. The molecule has 0 radical (unpaired) electrons. The largest absolute Gasteiger partial charge is 0.343 e. The molecule has 88 valence electrons. The topological polar surface area (TPSA) is 38.1 Å². The van der Waals surface area contributed by atoms with Crippen molar-refractivity contribution in [3.8, 4) is 0 Å². The number of likely N-dealkylation sites (tertiary alicyclic amines) is 1. The number of benzene rings is 1. The van der Waals surface area contributed by atoms with Gasteiger partial charge in [-0.15, -0.1) is 0 Å². The summed E-state index contributed by atoms with van der Waals surface area (Å²) >= 11 is 0. The molecule has 0 N–H and O–H groups in total. The third-order valence-electron chi connectivity index (χ3n) is 3.23. The second kappa shape index (κ2) is 3.84. The van der Waals surface area contributed by atoms with Gasteiger partial charge in [-0.1, -0.05) is 6.07 Å². The standard InChI is InChI=1S/C12H12FN3O/c13-11-2-1-3-12-10(11)7-16(14-12)9-4-5-15(6-9)8-17/h1-3,7-9H,4-6H2. The lowest BCUT2D eigenvalue weighted by Gasteiger charge is -2.10. The van der Waals surface area contributed by atoms with Crippen LogP contribution in [0.15, 0.2) is 24.4 Å². The summed E-state index contributed by atoms with van der Waals surface area (Å²) < 4.78 is 15.3. The lowest BCUT2D eigenvalue weighted by atomic mass is 10.2. The molecule has 2 heterocycles. The van der Waals surface area contributed by atoms with E-state index >= 15 is 0 Å². The van der Waals surface area contributed by atoms with Crippen molar-refractivity contribution >= 4 is 17.3 Å². The lowest BCUT2D eigenvalue weighted by Crippen LogP contribution is -2.19. The van der Waals surface area contributed by atoms with Gasteiger partial charge in [-0.05, 0) is 18.6 Å². The predicted octanol–water partition coefficient (Wildman–Crippen LogP) is 1.58. The molecule has 1 aliphatic heterocycles. The number of halogens is 1. The van der Waals surface area contributed by atoms with Gasteiger partial charge in [0.1, 0.15) is 5.82 Å². The van der Waals surface area contributed by atoms with Crippen LogP contribution in [0.1, 0.15) is 12.5 Å². The number of fused-ring (bicyclic) bond motifs is 1. The van der Waals surface area contributed by atoms with Crippen LogP contribution in [0.5, 0.6) is 0 Å². The maximum atomic E-state index is 13.5. The highest BCUT2D eigenvalue weighted by Crippen LogP contribution is 2.23. The van der Waals surface area contributed by atoms with Crippen LogP contribution < -0.4 is 0 Å². The van der Waals surface area contributed by atoms with Crippen LogP contribution in [0, 0.1) is 5.82 Å². The molecule has 0 spiro atoms. The minimum absolute atomic E-state index is 0.159. The molecule has 17 heavy (non-hydrogen) atoms. The maximum absolute atomic E-state index is 13.5. The first kappa shape index (κ1) is 10.3. The molecule has 1 amide bonds. The molecule has 1 aliphatic rings. The van der Waals surface area contributed by atoms with Crippen molar-refractivity contribution in [3.05, 3.63) is 30.2 Å². The van der Waals surface area contributed by atoms with Gasteiger partial charge in [0.2, 0.25) is 6.41 Å². The second-order valence-electron chi connectivity index (χ2n) is 4.32. The first-order valence-electron chi connectivity index (χ1n) is 5.60. The van der Waals surface area contributed by atoms with Crippen LogP contribution >= 0.6 is 0 Å². The van der Waals surface area contributed by atoms with Crippen molar-refractivity contribution in [1.29, 1.82) is 0 Å². The van der Waals surface area contributed by atoms with Crippen LogP contribution in [-0.2, 0) is 4.79 Å². The third-order valence-corrected chi connectivity index (χ3v) is 3.23. The maximum Gasteiger partial charge on any atom is 0.209 e. The average Bonchev–Trinajstić information content (AvgIpc) is 2.95. The second-order valence-corrected chi connectivity index (χ2v) is 4.32. The molecule has 2 aromatic rings. The number of carbonyl (C=O) groups is 1. The van der Waals surface area contributed by atoms with E-state index in [4.69, 9.17) is 0 Å². The Bertz CT molecular complexity index is 566. The van der Waals surface area contributed by atoms with E-state index in [1.165, 1.54) is 6.07 Å². The average molecular weight is 233 g/mol. The van der Waals surface area contributed by atoms with Crippen molar-refractivity contribution in [1.82, 2.24) is 14.7 Å². The van der Waals surface area contributed by atoms with Gasteiger partial charge in [-0.2, -0.15) is 5.10 Å². The Kier molecular flexibility index (Phi) is 2.31. The molecular weight excluding hydrogens is 221 g/mol. The molecule has 1 fully saturated rings. The molecule has 5 heteroatoms. The van der Waals surface area contributed by atoms with E-state index in [1.807, 2.05) is 0 Å². The van der Waals surface area contributed by atoms with Gasteiger partial charge in [0.05, 0.1) is 16.9 Å². The summed E-state index contributed by atoms with van der Waals surface area (Å²) in [5.74, 6) is -0.251. The SMILES string of the molecule is O=CN1CCC(n2cc3c(F)cccc3n2)C1. The van der Waals surface area contributed by atoms with Gasteiger partial charge >= 0.3 is 0 Å². The zero-order valence-electron chi connectivity index (χ0n) is 9.21. The highest BCUT2D eigenvalue weighted by molar-refractivity contribution is 5.78. The number of nitrogens with zero attached hydrogens (tertiary/aromatic N) is 3. The quantitative estimate of drug-likeness (QED) is 0.738. The first-order chi connectivity index (χ1) is 8.28. The number of hydrogen-bond acceptors (Lipinski definition) is 2. The predicted molar refractivity (Wildman–Crippen MR) is 61.0 cm³/mol. The van der Waals surface area contributed by atoms with E-state index in [9.17, 15) is 9.18 Å². The molecule has 1 atom stereocenters. The summed E-state index contributed by atoms with van der Waals surface area (Å²) in [6.45, 7) is 1.39. The zero-order valence-corrected chi connectivity index (χ0v) is 9.21. The van der Waals surface area contributed by atoms with E-state index in [0.717, 1.165) is 19.4 Å². The smallest absolute Gasteiger partial charge is 0.209 e. The van der Waals surface area contributed by atoms with E-state index in [0.29, 0.717) is 17.4 Å². The summed E-state index contributed by atoms with van der Waals surface area (Å²) in [7, 11) is 0. The van der Waals surface area contributed by atoms with Crippen molar-refractivity contribution in [3.63, 3.8) is 0 Å². The lowest BCUT2D eigenvalue weighted by molar-refractivity contribution is -0.117. The summed E-state index contributed by atoms with van der Waals surface area (Å²) in [5.41, 5.74) is 0.662. The van der Waals surface area contributed by atoms with Crippen molar-refractivity contribution in [2.24, 2.45) is 0 Å². The molecular formula is C12H12FN3O. The molecule has 1 saturated heterocycles. The number of amides is 1. The van der Waals surface area contributed by atoms with E-state index in [2.05, 4.69) is 5.10 Å². The minimum atomic E-state index is -0.251. The van der Waals surface area contributed by atoms with Gasteiger partial charge < -0.3 is 4.90 Å². The van der Waals surface area contributed by atoms with Crippen LogP contribution in [0.3, 0.4) is 0 Å². The van der Waals surface area contributed by atoms with Crippen LogP contribution in [0.25, 0.3) is 10.9 Å². The normalized spacial score (nSPS) is 20.1. The molecule has 1 aromatic carbocycles. The monoisotopic (exact) mass is 233 g/mol. The van der Waals surface area contributed by atoms with Crippen molar-refractivity contribution < 1.29 is 9.18 Å². The van der Waals surface area contributed by atoms with Gasteiger partial charge in [-0.25, -0.2) is 4.39 Å². The van der Waals surface area contributed by atoms with E-state index < -0.39 is 0 Å². The fourth-order valence-electron chi connectivity index (χ4n) is 2.29. The third kappa shape index (κ3) is 1.67. The summed E-state index contributed by atoms with van der Waals surface area (Å²) in [5, 5.41) is 4.90. The Balaban J connectivity index is 1.96. The molecule has 0 bridgehead atoms. The molecule has 0 saturated carbocycles. The number of rotatable bonds is 2. The minimum Gasteiger partial charge on any atom is -0.343 e. The number of hydrogen-bond donors (Lipinski definition) is 0. The van der Waals surface area contributed by atoms with Crippen LogP contribution in [0.2, 0.25) is 0 Å². The summed E-state index contributed by atoms with van der Waals surface area (Å²) in [4.78, 5) is 12.4. The summed E-state index contributed by atoms with van der Waals surface area (Å²) in [6.07, 6.45) is 3.45. The molecule has 4 nitrogen and oxygen atoms in total. The van der Waals surface area contributed by atoms with Crippen LogP contribution in [0.4, 0.5) is 4.39 Å². The Morgan fingerprint density at radius 3 is 3.06 bits per heavy atom. The van der Waals surface area contributed by atoms with Gasteiger partial charge in [0.25, 0.3) is 0 Å². The number of aromatic nitrogens is 2. The molecule has 1 aromatic heterocycles.